The monoisotopic (exact) mass is 377 g/mol. The third kappa shape index (κ3) is 5.13. The number of aromatic nitrogens is 2. The van der Waals surface area contributed by atoms with Crippen molar-refractivity contribution in [3.05, 3.63) is 83.2 Å². The Morgan fingerprint density at radius 2 is 1.86 bits per heavy atom. The van der Waals surface area contributed by atoms with Crippen molar-refractivity contribution in [1.82, 2.24) is 20.4 Å². The van der Waals surface area contributed by atoms with Gasteiger partial charge in [0.1, 0.15) is 5.75 Å². The summed E-state index contributed by atoms with van der Waals surface area (Å²) in [6, 6.07) is 16.5. The highest BCUT2D eigenvalue weighted by molar-refractivity contribution is 5.79. The molecular weight excluding hydrogens is 350 g/mol. The van der Waals surface area contributed by atoms with Crippen molar-refractivity contribution in [1.29, 1.82) is 0 Å². The molecule has 0 atom stereocenters. The van der Waals surface area contributed by atoms with E-state index in [1.807, 2.05) is 23.9 Å². The maximum Gasteiger partial charge on any atom is 0.191 e. The average Bonchev–Trinajstić information content (AvgIpc) is 3.23. The summed E-state index contributed by atoms with van der Waals surface area (Å²) in [5.74, 6) is 1.66. The van der Waals surface area contributed by atoms with Crippen LogP contribution in [0, 0.1) is 6.92 Å². The molecule has 3 aromatic rings. The lowest BCUT2D eigenvalue weighted by atomic mass is 10.1. The van der Waals surface area contributed by atoms with E-state index < -0.39 is 0 Å². The topological polar surface area (TPSA) is 63.5 Å². The maximum absolute atomic E-state index is 5.40. The molecule has 146 valence electrons. The van der Waals surface area contributed by atoms with Crippen LogP contribution in [-0.4, -0.2) is 29.9 Å². The van der Waals surface area contributed by atoms with Gasteiger partial charge in [-0.3, -0.25) is 9.67 Å². The van der Waals surface area contributed by atoms with Crippen molar-refractivity contribution in [3.63, 3.8) is 0 Å². The molecule has 0 unspecified atom stereocenters. The van der Waals surface area contributed by atoms with E-state index in [4.69, 9.17) is 4.74 Å². The van der Waals surface area contributed by atoms with Crippen molar-refractivity contribution < 1.29 is 4.74 Å². The number of rotatable bonds is 7. The van der Waals surface area contributed by atoms with E-state index in [2.05, 4.69) is 63.2 Å². The van der Waals surface area contributed by atoms with Crippen molar-refractivity contribution in [2.45, 2.75) is 26.6 Å². The molecule has 0 saturated carbocycles. The number of methoxy groups -OCH3 is 1. The molecule has 3 rings (SSSR count). The van der Waals surface area contributed by atoms with Crippen LogP contribution in [0.25, 0.3) is 0 Å². The molecule has 6 nitrogen and oxygen atoms in total. The zero-order valence-electron chi connectivity index (χ0n) is 16.6. The van der Waals surface area contributed by atoms with Crippen molar-refractivity contribution >= 4 is 5.96 Å². The molecule has 0 amide bonds. The number of guanidine groups is 1. The van der Waals surface area contributed by atoms with Crippen molar-refractivity contribution in [2.24, 2.45) is 4.99 Å². The molecule has 0 saturated heterocycles. The number of hydrogen-bond donors (Lipinski definition) is 2. The minimum Gasteiger partial charge on any atom is -0.496 e. The van der Waals surface area contributed by atoms with Crippen molar-refractivity contribution in [2.75, 3.05) is 14.2 Å². The second-order valence-corrected chi connectivity index (χ2v) is 6.56. The number of nitrogens with one attached hydrogen (secondary N) is 2. The molecule has 1 heterocycles. The summed E-state index contributed by atoms with van der Waals surface area (Å²) in [4.78, 5) is 4.33. The van der Waals surface area contributed by atoms with Gasteiger partial charge >= 0.3 is 0 Å². The molecule has 2 aromatic carbocycles. The van der Waals surface area contributed by atoms with Crippen LogP contribution in [0.5, 0.6) is 5.75 Å². The Morgan fingerprint density at radius 1 is 1.07 bits per heavy atom. The van der Waals surface area contributed by atoms with Gasteiger partial charge in [-0.2, -0.15) is 5.10 Å². The average molecular weight is 377 g/mol. The number of nitrogens with zero attached hydrogens (tertiary/aromatic N) is 3. The number of hydrogen-bond acceptors (Lipinski definition) is 3. The standard InChI is InChI=1S/C22H27N5O/c1-17-9-10-18(13-21(17)28-3)14-24-22(23-2)25-15-19-7-4-5-8-20(19)16-27-12-6-11-26-27/h4-13H,14-16H2,1-3H3,(H2,23,24,25). The van der Waals surface area contributed by atoms with Gasteiger partial charge in [-0.25, -0.2) is 0 Å². The molecule has 1 aromatic heterocycles. The fourth-order valence-electron chi connectivity index (χ4n) is 3.01. The Balaban J connectivity index is 1.59. The van der Waals surface area contributed by atoms with E-state index in [1.54, 1.807) is 20.4 Å². The van der Waals surface area contributed by atoms with E-state index in [0.717, 1.165) is 29.4 Å². The Labute approximate surface area is 166 Å². The van der Waals surface area contributed by atoms with Gasteiger partial charge in [0.25, 0.3) is 0 Å². The van der Waals surface area contributed by atoms with Crippen LogP contribution >= 0.6 is 0 Å². The third-order valence-corrected chi connectivity index (χ3v) is 4.61. The first-order chi connectivity index (χ1) is 13.7. The van der Waals surface area contributed by atoms with Gasteiger partial charge in [0.15, 0.2) is 5.96 Å². The summed E-state index contributed by atoms with van der Waals surface area (Å²) in [6.45, 7) is 4.15. The lowest BCUT2D eigenvalue weighted by Gasteiger charge is -2.15. The minimum atomic E-state index is 0.672. The largest absolute Gasteiger partial charge is 0.496 e. The first-order valence-electron chi connectivity index (χ1n) is 9.32. The maximum atomic E-state index is 5.40. The number of aliphatic imine (C=N–C) groups is 1. The molecule has 0 aliphatic carbocycles. The van der Waals surface area contributed by atoms with Crippen LogP contribution in [-0.2, 0) is 19.6 Å². The lowest BCUT2D eigenvalue weighted by molar-refractivity contribution is 0.411. The molecule has 2 N–H and O–H groups in total. The van der Waals surface area contributed by atoms with E-state index in [9.17, 15) is 0 Å². The first-order valence-corrected chi connectivity index (χ1v) is 9.32. The van der Waals surface area contributed by atoms with E-state index in [0.29, 0.717) is 13.1 Å². The van der Waals surface area contributed by atoms with Gasteiger partial charge in [0, 0.05) is 32.5 Å². The van der Waals surface area contributed by atoms with Crippen LogP contribution in [0.2, 0.25) is 0 Å². The molecule has 0 spiro atoms. The minimum absolute atomic E-state index is 0.672. The fourth-order valence-corrected chi connectivity index (χ4v) is 3.01. The first kappa shape index (κ1) is 19.5. The van der Waals surface area contributed by atoms with Gasteiger partial charge in [-0.1, -0.05) is 36.4 Å². The molecule has 0 bridgehead atoms. The molecule has 6 heteroatoms. The second-order valence-electron chi connectivity index (χ2n) is 6.56. The second kappa shape index (κ2) is 9.60. The Hall–Kier alpha value is -3.28. The predicted octanol–water partition coefficient (Wildman–Crippen LogP) is 3.11. The molecule has 0 fully saturated rings. The van der Waals surface area contributed by atoms with Crippen LogP contribution in [0.15, 0.2) is 65.9 Å². The summed E-state index contributed by atoms with van der Waals surface area (Å²) < 4.78 is 7.33. The summed E-state index contributed by atoms with van der Waals surface area (Å²) in [6.07, 6.45) is 3.77. The van der Waals surface area contributed by atoms with E-state index in [-0.39, 0.29) is 0 Å². The SMILES string of the molecule is CN=C(NCc1ccc(C)c(OC)c1)NCc1ccccc1Cn1cccn1. The Morgan fingerprint density at radius 3 is 2.57 bits per heavy atom. The molecular formula is C22H27N5O. The summed E-state index contributed by atoms with van der Waals surface area (Å²) in [5, 5.41) is 11.0. The number of benzene rings is 2. The van der Waals surface area contributed by atoms with E-state index >= 15 is 0 Å². The quantitative estimate of drug-likeness (QED) is 0.491. The van der Waals surface area contributed by atoms with Crippen LogP contribution in [0.4, 0.5) is 0 Å². The smallest absolute Gasteiger partial charge is 0.191 e. The third-order valence-electron chi connectivity index (χ3n) is 4.61. The van der Waals surface area contributed by atoms with Gasteiger partial charge in [0.05, 0.1) is 13.7 Å². The van der Waals surface area contributed by atoms with Crippen LogP contribution < -0.4 is 15.4 Å². The lowest BCUT2D eigenvalue weighted by Crippen LogP contribution is -2.36. The zero-order chi connectivity index (χ0) is 19.8. The van der Waals surface area contributed by atoms with E-state index in [1.165, 1.54) is 11.1 Å². The summed E-state index contributed by atoms with van der Waals surface area (Å²) in [5.41, 5.74) is 4.72. The molecule has 28 heavy (non-hydrogen) atoms. The van der Waals surface area contributed by atoms with Gasteiger partial charge in [-0.15, -0.1) is 0 Å². The number of ether oxygens (including phenoxy) is 1. The normalized spacial score (nSPS) is 11.3. The molecule has 0 radical (unpaired) electrons. The Kier molecular flexibility index (Phi) is 6.68. The summed E-state index contributed by atoms with van der Waals surface area (Å²) >= 11 is 0. The van der Waals surface area contributed by atoms with Gasteiger partial charge in [0.2, 0.25) is 0 Å². The molecule has 0 aliphatic heterocycles. The van der Waals surface area contributed by atoms with Gasteiger partial charge < -0.3 is 15.4 Å². The fraction of sp³-hybridized carbons (Fsp3) is 0.273. The predicted molar refractivity (Wildman–Crippen MR) is 113 cm³/mol. The molecule has 0 aliphatic rings. The van der Waals surface area contributed by atoms with Crippen molar-refractivity contribution in [3.8, 4) is 5.75 Å². The Bertz CT molecular complexity index is 918. The van der Waals surface area contributed by atoms with Crippen LogP contribution in [0.3, 0.4) is 0 Å². The highest BCUT2D eigenvalue weighted by atomic mass is 16.5. The van der Waals surface area contributed by atoms with Gasteiger partial charge in [-0.05, 0) is 41.3 Å². The highest BCUT2D eigenvalue weighted by Gasteiger charge is 2.06. The summed E-state index contributed by atoms with van der Waals surface area (Å²) in [7, 11) is 3.47. The zero-order valence-corrected chi connectivity index (χ0v) is 16.6. The number of aryl methyl sites for hydroxylation is 1. The van der Waals surface area contributed by atoms with Crippen LogP contribution in [0.1, 0.15) is 22.3 Å². The highest BCUT2D eigenvalue weighted by Crippen LogP contribution is 2.18.